The van der Waals surface area contributed by atoms with Gasteiger partial charge in [-0.1, -0.05) is 122 Å². The first kappa shape index (κ1) is 28.7. The number of aromatic nitrogens is 1. The van der Waals surface area contributed by atoms with Gasteiger partial charge in [-0.2, -0.15) is 0 Å². The van der Waals surface area contributed by atoms with Crippen molar-refractivity contribution in [1.82, 2.24) is 4.98 Å². The van der Waals surface area contributed by atoms with E-state index < -0.39 is 0 Å². The summed E-state index contributed by atoms with van der Waals surface area (Å²) < 4.78 is 0. The molecule has 0 radical (unpaired) electrons. The molecule has 1 heterocycles. The van der Waals surface area contributed by atoms with E-state index in [0.29, 0.717) is 5.69 Å². The van der Waals surface area contributed by atoms with Crippen molar-refractivity contribution < 1.29 is 4.79 Å². The molecule has 0 atom stereocenters. The van der Waals surface area contributed by atoms with E-state index in [1.54, 1.807) is 0 Å². The Kier molecular flexibility index (Phi) is 20.5. The molecule has 1 aromatic rings. The van der Waals surface area contributed by atoms with Crippen LogP contribution in [0.25, 0.3) is 0 Å². The lowest BCUT2D eigenvalue weighted by Gasteiger charge is -2.03. The van der Waals surface area contributed by atoms with Crippen LogP contribution in [0, 0.1) is 0 Å². The standard InChI is InChI=1S/C30H53NO/c1-2-3-4-5-6-7-8-9-10-11-12-13-14-15-16-17-18-19-20-21-22-23-24-25-29-26-27-30(28-32)31-29/h9-10,26-28,31H,2-8,11-25H2,1H3. The van der Waals surface area contributed by atoms with E-state index in [2.05, 4.69) is 24.1 Å². The maximum absolute atomic E-state index is 10.7. The van der Waals surface area contributed by atoms with Gasteiger partial charge in [-0.3, -0.25) is 4.79 Å². The lowest BCUT2D eigenvalue weighted by Crippen LogP contribution is -1.88. The molecule has 32 heavy (non-hydrogen) atoms. The number of H-pyrrole nitrogens is 1. The average molecular weight is 444 g/mol. The topological polar surface area (TPSA) is 32.9 Å². The highest BCUT2D eigenvalue weighted by molar-refractivity contribution is 5.71. The van der Waals surface area contributed by atoms with Gasteiger partial charge >= 0.3 is 0 Å². The van der Waals surface area contributed by atoms with E-state index in [4.69, 9.17) is 0 Å². The van der Waals surface area contributed by atoms with Gasteiger partial charge in [0.25, 0.3) is 0 Å². The van der Waals surface area contributed by atoms with E-state index in [9.17, 15) is 4.79 Å². The van der Waals surface area contributed by atoms with Crippen LogP contribution in [0.4, 0.5) is 0 Å². The van der Waals surface area contributed by atoms with Crippen LogP contribution in [-0.2, 0) is 6.42 Å². The van der Waals surface area contributed by atoms with Crippen molar-refractivity contribution in [2.45, 2.75) is 148 Å². The van der Waals surface area contributed by atoms with Crippen LogP contribution in [0.5, 0.6) is 0 Å². The lowest BCUT2D eigenvalue weighted by molar-refractivity contribution is 0.111. The first-order valence-corrected chi connectivity index (χ1v) is 14.1. The summed E-state index contributed by atoms with van der Waals surface area (Å²) in [5.41, 5.74) is 1.90. The number of aromatic amines is 1. The van der Waals surface area contributed by atoms with E-state index >= 15 is 0 Å². The molecule has 0 unspecified atom stereocenters. The summed E-state index contributed by atoms with van der Waals surface area (Å²) in [7, 11) is 0. The first-order valence-electron chi connectivity index (χ1n) is 14.1. The summed E-state index contributed by atoms with van der Waals surface area (Å²) in [5.74, 6) is 0. The number of hydrogen-bond acceptors (Lipinski definition) is 1. The third kappa shape index (κ3) is 18.3. The molecule has 184 valence electrons. The summed E-state index contributed by atoms with van der Waals surface area (Å²) in [6.07, 6.45) is 35.9. The quantitative estimate of drug-likeness (QED) is 0.0961. The molecule has 0 fully saturated rings. The Hall–Kier alpha value is -1.31. The molecule has 0 bridgehead atoms. The normalized spacial score (nSPS) is 11.5. The van der Waals surface area contributed by atoms with Crippen LogP contribution in [0.15, 0.2) is 24.3 Å². The Morgan fingerprint density at radius 2 is 1.03 bits per heavy atom. The van der Waals surface area contributed by atoms with Crippen LogP contribution in [0.1, 0.15) is 158 Å². The summed E-state index contributed by atoms with van der Waals surface area (Å²) in [4.78, 5) is 13.8. The molecule has 0 amide bonds. The number of aldehydes is 1. The zero-order valence-electron chi connectivity index (χ0n) is 21.4. The molecule has 0 saturated heterocycles. The minimum Gasteiger partial charge on any atom is -0.356 e. The van der Waals surface area contributed by atoms with Gasteiger partial charge in [-0.15, -0.1) is 0 Å². The number of allylic oxidation sites excluding steroid dienone is 2. The molecule has 2 nitrogen and oxygen atoms in total. The van der Waals surface area contributed by atoms with Crippen molar-refractivity contribution >= 4 is 6.29 Å². The van der Waals surface area contributed by atoms with Gasteiger partial charge < -0.3 is 4.98 Å². The number of carbonyl (C=O) groups excluding carboxylic acids is 1. The Morgan fingerprint density at radius 3 is 1.47 bits per heavy atom. The Balaban J connectivity index is 1.70. The highest BCUT2D eigenvalue weighted by Gasteiger charge is 1.98. The summed E-state index contributed by atoms with van der Waals surface area (Å²) in [6.45, 7) is 2.29. The second-order valence-corrected chi connectivity index (χ2v) is 9.72. The van der Waals surface area contributed by atoms with Crippen LogP contribution in [0.3, 0.4) is 0 Å². The molecule has 0 saturated carbocycles. The number of carbonyl (C=O) groups is 1. The predicted octanol–water partition coefficient (Wildman–Crippen LogP) is 10.1. The number of nitrogens with one attached hydrogen (secondary N) is 1. The summed E-state index contributed by atoms with van der Waals surface area (Å²) in [6, 6.07) is 3.91. The van der Waals surface area contributed by atoms with Gasteiger partial charge in [0.15, 0.2) is 6.29 Å². The van der Waals surface area contributed by atoms with Gasteiger partial charge in [0.1, 0.15) is 0 Å². The highest BCUT2D eigenvalue weighted by atomic mass is 16.1. The average Bonchev–Trinajstić information content (AvgIpc) is 3.27. The number of rotatable bonds is 24. The van der Waals surface area contributed by atoms with Crippen molar-refractivity contribution in [2.24, 2.45) is 0 Å². The van der Waals surface area contributed by atoms with Gasteiger partial charge in [-0.25, -0.2) is 0 Å². The van der Waals surface area contributed by atoms with E-state index in [-0.39, 0.29) is 0 Å². The molecule has 0 spiro atoms. The maximum Gasteiger partial charge on any atom is 0.166 e. The molecule has 2 heteroatoms. The fourth-order valence-electron chi connectivity index (χ4n) is 4.47. The SMILES string of the molecule is CCCCCCCCC=CCCCCCCCCCCCCCCCc1ccc(C=O)[nH]1. The van der Waals surface area contributed by atoms with Crippen molar-refractivity contribution in [3.8, 4) is 0 Å². The largest absolute Gasteiger partial charge is 0.356 e. The van der Waals surface area contributed by atoms with Crippen LogP contribution < -0.4 is 0 Å². The number of unbranched alkanes of at least 4 members (excludes halogenated alkanes) is 19. The van der Waals surface area contributed by atoms with Gasteiger partial charge in [0, 0.05) is 5.69 Å². The third-order valence-electron chi connectivity index (χ3n) is 6.60. The second-order valence-electron chi connectivity index (χ2n) is 9.72. The monoisotopic (exact) mass is 443 g/mol. The molecule has 0 aliphatic heterocycles. The number of aryl methyl sites for hydroxylation is 1. The van der Waals surface area contributed by atoms with Gasteiger partial charge in [0.05, 0.1) is 5.69 Å². The van der Waals surface area contributed by atoms with Crippen molar-refractivity contribution in [2.75, 3.05) is 0 Å². The summed E-state index contributed by atoms with van der Waals surface area (Å²) in [5, 5.41) is 0. The lowest BCUT2D eigenvalue weighted by atomic mass is 10.0. The van der Waals surface area contributed by atoms with Crippen molar-refractivity contribution in [3.63, 3.8) is 0 Å². The molecular formula is C30H53NO. The first-order chi connectivity index (χ1) is 15.9. The maximum atomic E-state index is 10.7. The minimum absolute atomic E-state index is 0.700. The van der Waals surface area contributed by atoms with Gasteiger partial charge in [0.2, 0.25) is 0 Å². The Labute approximate surface area is 200 Å². The molecule has 0 aliphatic rings. The predicted molar refractivity (Wildman–Crippen MR) is 142 cm³/mol. The van der Waals surface area contributed by atoms with Gasteiger partial charge in [-0.05, 0) is 50.7 Å². The smallest absolute Gasteiger partial charge is 0.166 e. The minimum atomic E-state index is 0.700. The Bertz CT molecular complexity index is 545. The van der Waals surface area contributed by atoms with E-state index in [0.717, 1.165) is 12.7 Å². The van der Waals surface area contributed by atoms with Crippen LogP contribution in [0.2, 0.25) is 0 Å². The van der Waals surface area contributed by atoms with Crippen molar-refractivity contribution in [3.05, 3.63) is 35.7 Å². The molecule has 1 aromatic heterocycles. The Morgan fingerprint density at radius 1 is 0.594 bits per heavy atom. The van der Waals surface area contributed by atoms with E-state index in [1.807, 2.05) is 12.1 Å². The summed E-state index contributed by atoms with van der Waals surface area (Å²) >= 11 is 0. The molecular weight excluding hydrogens is 390 g/mol. The fraction of sp³-hybridized carbons (Fsp3) is 0.767. The van der Waals surface area contributed by atoms with Crippen molar-refractivity contribution in [1.29, 1.82) is 0 Å². The molecule has 1 N–H and O–H groups in total. The zero-order valence-corrected chi connectivity index (χ0v) is 21.4. The van der Waals surface area contributed by atoms with E-state index in [1.165, 1.54) is 141 Å². The molecule has 0 aliphatic carbocycles. The zero-order chi connectivity index (χ0) is 23.0. The van der Waals surface area contributed by atoms with Crippen LogP contribution >= 0.6 is 0 Å². The second kappa shape index (κ2) is 22.9. The molecule has 0 aromatic carbocycles. The highest BCUT2D eigenvalue weighted by Crippen LogP contribution is 2.14. The third-order valence-corrected chi connectivity index (χ3v) is 6.60. The molecule has 1 rings (SSSR count). The fourth-order valence-corrected chi connectivity index (χ4v) is 4.47. The number of hydrogen-bond donors (Lipinski definition) is 1. The van der Waals surface area contributed by atoms with Crippen LogP contribution in [-0.4, -0.2) is 11.3 Å².